The lowest BCUT2D eigenvalue weighted by molar-refractivity contribution is -0.123. The molecule has 19 heavy (non-hydrogen) atoms. The molecule has 0 aromatic heterocycles. The summed E-state index contributed by atoms with van der Waals surface area (Å²) in [6.07, 6.45) is 3.65. The first-order valence-corrected chi connectivity index (χ1v) is 8.12. The van der Waals surface area contributed by atoms with Crippen molar-refractivity contribution in [2.45, 2.75) is 55.5 Å². The van der Waals surface area contributed by atoms with Crippen LogP contribution in [0.1, 0.15) is 32.1 Å². The third kappa shape index (κ3) is 3.88. The molecule has 2 fully saturated rings. The molecular weight excluding hydrogens is 270 g/mol. The Labute approximate surface area is 113 Å². The maximum absolute atomic E-state index is 12.0. The first-order valence-electron chi connectivity index (χ1n) is 6.62. The van der Waals surface area contributed by atoms with Crippen molar-refractivity contribution < 1.29 is 17.8 Å². The first kappa shape index (κ1) is 14.7. The standard InChI is InChI=1S/C11H21N3O4S/c12-7-1-3-8(4-2-7)14-11(15)10-5-9(6-13-10)19(16,17)18/h7-10,13H,1-6,12H2,(H,14,15)(H,16,17,18)/t7?,8?,9-,10-/m0/s1. The molecule has 1 aliphatic heterocycles. The van der Waals surface area contributed by atoms with Crippen molar-refractivity contribution >= 4 is 16.0 Å². The molecule has 1 heterocycles. The Bertz CT molecular complexity index is 431. The summed E-state index contributed by atoms with van der Waals surface area (Å²) < 4.78 is 30.9. The number of hydrogen-bond donors (Lipinski definition) is 4. The largest absolute Gasteiger partial charge is 0.352 e. The molecule has 8 heteroatoms. The molecule has 2 atom stereocenters. The zero-order valence-electron chi connectivity index (χ0n) is 10.7. The summed E-state index contributed by atoms with van der Waals surface area (Å²) in [6.45, 7) is 0.118. The quantitative estimate of drug-likeness (QED) is 0.494. The molecule has 110 valence electrons. The van der Waals surface area contributed by atoms with Crippen molar-refractivity contribution in [3.8, 4) is 0 Å². The average Bonchev–Trinajstić information content (AvgIpc) is 2.81. The van der Waals surface area contributed by atoms with Crippen LogP contribution >= 0.6 is 0 Å². The van der Waals surface area contributed by atoms with E-state index in [4.69, 9.17) is 10.3 Å². The van der Waals surface area contributed by atoms with Gasteiger partial charge in [0, 0.05) is 18.6 Å². The van der Waals surface area contributed by atoms with Gasteiger partial charge in [-0.05, 0) is 32.1 Å². The fraction of sp³-hybridized carbons (Fsp3) is 0.909. The highest BCUT2D eigenvalue weighted by Crippen LogP contribution is 2.18. The molecule has 1 aliphatic carbocycles. The minimum absolute atomic E-state index is 0.118. The summed E-state index contributed by atoms with van der Waals surface area (Å²) >= 11 is 0. The Hall–Kier alpha value is -0.700. The number of amides is 1. The van der Waals surface area contributed by atoms with Gasteiger partial charge in [0.1, 0.15) is 5.25 Å². The predicted octanol–water partition coefficient (Wildman–Crippen LogP) is -1.01. The van der Waals surface area contributed by atoms with Crippen LogP contribution in [0.2, 0.25) is 0 Å². The lowest BCUT2D eigenvalue weighted by Crippen LogP contribution is -2.47. The Kier molecular flexibility index (Phi) is 4.44. The number of carbonyl (C=O) groups is 1. The second kappa shape index (κ2) is 5.74. The van der Waals surface area contributed by atoms with Crippen LogP contribution in [0.4, 0.5) is 0 Å². The third-order valence-electron chi connectivity index (χ3n) is 3.95. The summed E-state index contributed by atoms with van der Waals surface area (Å²) in [5.74, 6) is -0.188. The van der Waals surface area contributed by atoms with Gasteiger partial charge in [0.25, 0.3) is 10.1 Å². The number of hydrogen-bond acceptors (Lipinski definition) is 5. The van der Waals surface area contributed by atoms with E-state index in [2.05, 4.69) is 10.6 Å². The van der Waals surface area contributed by atoms with E-state index in [-0.39, 0.29) is 31.0 Å². The van der Waals surface area contributed by atoms with Gasteiger partial charge < -0.3 is 16.4 Å². The van der Waals surface area contributed by atoms with Gasteiger partial charge in [-0.15, -0.1) is 0 Å². The minimum atomic E-state index is -4.07. The summed E-state index contributed by atoms with van der Waals surface area (Å²) in [5.41, 5.74) is 5.80. The van der Waals surface area contributed by atoms with Gasteiger partial charge in [-0.1, -0.05) is 0 Å². The highest BCUT2D eigenvalue weighted by atomic mass is 32.2. The Balaban J connectivity index is 1.82. The summed E-state index contributed by atoms with van der Waals surface area (Å²) in [6, 6.07) is -0.192. The lowest BCUT2D eigenvalue weighted by Gasteiger charge is -2.27. The molecule has 1 saturated heterocycles. The zero-order chi connectivity index (χ0) is 14.0. The van der Waals surface area contributed by atoms with Crippen LogP contribution in [0.5, 0.6) is 0 Å². The Morgan fingerprint density at radius 1 is 1.26 bits per heavy atom. The smallest absolute Gasteiger partial charge is 0.269 e. The number of nitrogens with two attached hydrogens (primary N) is 1. The second-order valence-corrected chi connectivity index (χ2v) is 7.15. The van der Waals surface area contributed by atoms with Crippen LogP contribution in [0.25, 0.3) is 0 Å². The van der Waals surface area contributed by atoms with E-state index in [0.717, 1.165) is 25.7 Å². The molecule has 2 aliphatic rings. The van der Waals surface area contributed by atoms with Crippen molar-refractivity contribution in [1.29, 1.82) is 0 Å². The fourth-order valence-corrected chi connectivity index (χ4v) is 3.44. The molecule has 7 nitrogen and oxygen atoms in total. The van der Waals surface area contributed by atoms with Crippen LogP contribution in [0.3, 0.4) is 0 Å². The molecule has 0 bridgehead atoms. The van der Waals surface area contributed by atoms with Crippen LogP contribution in [0, 0.1) is 0 Å². The van der Waals surface area contributed by atoms with Gasteiger partial charge in [0.05, 0.1) is 6.04 Å². The third-order valence-corrected chi connectivity index (χ3v) is 5.15. The number of rotatable bonds is 3. The van der Waals surface area contributed by atoms with Crippen LogP contribution in [0.15, 0.2) is 0 Å². The summed E-state index contributed by atoms with van der Waals surface area (Å²) in [5, 5.41) is 4.87. The van der Waals surface area contributed by atoms with Crippen molar-refractivity contribution in [3.05, 3.63) is 0 Å². The number of nitrogens with one attached hydrogen (secondary N) is 2. The normalized spacial score (nSPS) is 36.1. The molecular formula is C11H21N3O4S. The molecule has 1 saturated carbocycles. The van der Waals surface area contributed by atoms with Gasteiger partial charge in [-0.25, -0.2) is 0 Å². The number of carbonyl (C=O) groups excluding carboxylic acids is 1. The Morgan fingerprint density at radius 2 is 1.89 bits per heavy atom. The van der Waals surface area contributed by atoms with Crippen LogP contribution in [-0.2, 0) is 14.9 Å². The molecule has 0 radical (unpaired) electrons. The Morgan fingerprint density at radius 3 is 2.42 bits per heavy atom. The first-order chi connectivity index (χ1) is 8.86. The van der Waals surface area contributed by atoms with Crippen molar-refractivity contribution in [3.63, 3.8) is 0 Å². The second-order valence-electron chi connectivity index (χ2n) is 5.45. The van der Waals surface area contributed by atoms with Gasteiger partial charge in [-0.3, -0.25) is 9.35 Å². The van der Waals surface area contributed by atoms with E-state index in [1.54, 1.807) is 0 Å². The lowest BCUT2D eigenvalue weighted by atomic mass is 9.91. The molecule has 0 unspecified atom stereocenters. The van der Waals surface area contributed by atoms with E-state index >= 15 is 0 Å². The maximum Gasteiger partial charge on any atom is 0.269 e. The zero-order valence-corrected chi connectivity index (χ0v) is 11.5. The van der Waals surface area contributed by atoms with Crippen molar-refractivity contribution in [2.75, 3.05) is 6.54 Å². The van der Waals surface area contributed by atoms with Gasteiger partial charge in [-0.2, -0.15) is 8.42 Å². The maximum atomic E-state index is 12.0. The van der Waals surface area contributed by atoms with Crippen molar-refractivity contribution in [2.24, 2.45) is 5.73 Å². The topological polar surface area (TPSA) is 122 Å². The van der Waals surface area contributed by atoms with E-state index < -0.39 is 21.4 Å². The van der Waals surface area contributed by atoms with Crippen LogP contribution in [-0.4, -0.2) is 48.8 Å². The fourth-order valence-electron chi connectivity index (χ4n) is 2.70. The van der Waals surface area contributed by atoms with Crippen molar-refractivity contribution in [1.82, 2.24) is 10.6 Å². The minimum Gasteiger partial charge on any atom is -0.352 e. The SMILES string of the molecule is NC1CCC(NC(=O)[C@@H]2C[C@H](S(=O)(=O)O)CN2)CC1. The molecule has 0 aromatic carbocycles. The van der Waals surface area contributed by atoms with Gasteiger partial charge in [0.15, 0.2) is 0 Å². The van der Waals surface area contributed by atoms with E-state index in [1.807, 2.05) is 0 Å². The van der Waals surface area contributed by atoms with Crippen LogP contribution < -0.4 is 16.4 Å². The average molecular weight is 291 g/mol. The molecule has 5 N–H and O–H groups in total. The van der Waals surface area contributed by atoms with Gasteiger partial charge >= 0.3 is 0 Å². The highest BCUT2D eigenvalue weighted by molar-refractivity contribution is 7.86. The molecule has 1 amide bonds. The molecule has 0 spiro atoms. The van der Waals surface area contributed by atoms with E-state index in [0.29, 0.717) is 0 Å². The monoisotopic (exact) mass is 291 g/mol. The molecule has 2 rings (SSSR count). The summed E-state index contributed by atoms with van der Waals surface area (Å²) in [7, 11) is -4.07. The summed E-state index contributed by atoms with van der Waals surface area (Å²) in [4.78, 5) is 12.0. The molecule has 0 aromatic rings. The van der Waals surface area contributed by atoms with Gasteiger partial charge in [0.2, 0.25) is 5.91 Å². The predicted molar refractivity (Wildman–Crippen MR) is 70.1 cm³/mol. The highest BCUT2D eigenvalue weighted by Gasteiger charge is 2.36. The van der Waals surface area contributed by atoms with E-state index in [9.17, 15) is 13.2 Å². The van der Waals surface area contributed by atoms with E-state index in [1.165, 1.54) is 0 Å².